The number of aromatic amines is 1. The molecule has 1 aliphatic rings. The summed E-state index contributed by atoms with van der Waals surface area (Å²) in [4.78, 5) is 14.4. The van der Waals surface area contributed by atoms with Crippen molar-refractivity contribution in [1.29, 1.82) is 0 Å². The number of hydrogen-bond acceptors (Lipinski definition) is 3. The molecule has 0 radical (unpaired) electrons. The molecule has 2 heterocycles. The minimum atomic E-state index is -0.302. The molecule has 4 nitrogen and oxygen atoms in total. The second-order valence-corrected chi connectivity index (χ2v) is 6.06. The summed E-state index contributed by atoms with van der Waals surface area (Å²) in [5.74, 6) is -0.302. The SMILES string of the molecule is CC1(C)CCCCO1.CCOC(=O)c1cc2ccccc2[nH]1.[CH3-].[Cs+]. The van der Waals surface area contributed by atoms with Crippen LogP contribution in [0.15, 0.2) is 30.3 Å². The fraction of sp³-hybridized carbons (Fsp3) is 0.474. The van der Waals surface area contributed by atoms with Crippen LogP contribution in [-0.2, 0) is 9.47 Å². The van der Waals surface area contributed by atoms with E-state index in [9.17, 15) is 4.79 Å². The fourth-order valence-corrected chi connectivity index (χ4v) is 2.47. The molecule has 0 unspecified atom stereocenters. The van der Waals surface area contributed by atoms with Gasteiger partial charge < -0.3 is 21.9 Å². The van der Waals surface area contributed by atoms with E-state index < -0.39 is 0 Å². The molecule has 1 aromatic heterocycles. The van der Waals surface area contributed by atoms with E-state index in [1.807, 2.05) is 24.3 Å². The first kappa shape index (κ1) is 24.2. The minimum Gasteiger partial charge on any atom is -0.461 e. The summed E-state index contributed by atoms with van der Waals surface area (Å²) in [5.41, 5.74) is 1.64. The van der Waals surface area contributed by atoms with E-state index in [4.69, 9.17) is 9.47 Å². The van der Waals surface area contributed by atoms with Gasteiger partial charge in [-0.3, -0.25) is 0 Å². The number of aromatic nitrogens is 1. The van der Waals surface area contributed by atoms with Gasteiger partial charge in [0.25, 0.3) is 0 Å². The molecule has 2 aromatic rings. The minimum absolute atomic E-state index is 0. The number of nitrogens with one attached hydrogen (secondary N) is 1. The van der Waals surface area contributed by atoms with E-state index in [-0.39, 0.29) is 87.9 Å². The van der Waals surface area contributed by atoms with Crippen molar-refractivity contribution in [3.8, 4) is 0 Å². The van der Waals surface area contributed by atoms with Crippen molar-refractivity contribution in [1.82, 2.24) is 4.98 Å². The van der Waals surface area contributed by atoms with Crippen molar-refractivity contribution in [2.45, 2.75) is 45.6 Å². The van der Waals surface area contributed by atoms with Crippen LogP contribution in [0, 0.1) is 7.43 Å². The number of rotatable bonds is 2. The van der Waals surface area contributed by atoms with Gasteiger partial charge in [-0.15, -0.1) is 0 Å². The summed E-state index contributed by atoms with van der Waals surface area (Å²) in [7, 11) is 0. The Bertz CT molecular complexity index is 581. The molecule has 1 fully saturated rings. The number of fused-ring (bicyclic) bond motifs is 1. The van der Waals surface area contributed by atoms with Gasteiger partial charge in [0.15, 0.2) is 0 Å². The summed E-state index contributed by atoms with van der Waals surface area (Å²) in [6.45, 7) is 7.47. The first-order valence-electron chi connectivity index (χ1n) is 7.91. The molecule has 0 atom stereocenters. The summed E-state index contributed by atoms with van der Waals surface area (Å²) >= 11 is 0. The maximum absolute atomic E-state index is 11.4. The van der Waals surface area contributed by atoms with Crippen molar-refractivity contribution in [3.05, 3.63) is 43.5 Å². The first-order chi connectivity index (χ1) is 10.5. The molecule has 0 bridgehead atoms. The van der Waals surface area contributed by atoms with Gasteiger partial charge in [0.2, 0.25) is 0 Å². The molecule has 1 aromatic carbocycles. The third-order valence-corrected chi connectivity index (χ3v) is 3.69. The smallest absolute Gasteiger partial charge is 0.461 e. The Balaban J connectivity index is 0.000000460. The molecule has 0 amide bonds. The second-order valence-electron chi connectivity index (χ2n) is 6.06. The Labute approximate surface area is 204 Å². The molecule has 24 heavy (non-hydrogen) atoms. The molecule has 5 heteroatoms. The standard InChI is InChI=1S/C11H11NO2.C7H14O.CH3.Cs/c1-2-14-11(13)10-7-8-5-3-4-6-9(8)12-10;1-7(2)5-3-4-6-8-7;;/h3-7,12H,2H2,1H3;3-6H2,1-2H3;1H3;/q;;-1;+1. The van der Waals surface area contributed by atoms with Crippen LogP contribution in [-0.4, -0.2) is 29.8 Å². The molecule has 0 aliphatic carbocycles. The fourth-order valence-electron chi connectivity index (χ4n) is 2.47. The molecular formula is C19H28CsNO3. The van der Waals surface area contributed by atoms with Crippen LogP contribution in [0.25, 0.3) is 10.9 Å². The van der Waals surface area contributed by atoms with Crippen molar-refractivity contribution in [3.63, 3.8) is 0 Å². The molecule has 128 valence electrons. The summed E-state index contributed by atoms with van der Waals surface area (Å²) < 4.78 is 10.4. The Morgan fingerprint density at radius 1 is 1.29 bits per heavy atom. The van der Waals surface area contributed by atoms with Crippen molar-refractivity contribution >= 4 is 16.9 Å². The Morgan fingerprint density at radius 3 is 2.50 bits per heavy atom. The van der Waals surface area contributed by atoms with Gasteiger partial charge in [-0.05, 0) is 52.2 Å². The Hall–Kier alpha value is 0.242. The number of carbonyl (C=O) groups is 1. The Kier molecular flexibility index (Phi) is 11.9. The number of H-pyrrole nitrogens is 1. The predicted molar refractivity (Wildman–Crippen MR) is 94.6 cm³/mol. The third kappa shape index (κ3) is 7.64. The number of carbonyl (C=O) groups excluding carboxylic acids is 1. The monoisotopic (exact) mass is 451 g/mol. The topological polar surface area (TPSA) is 51.3 Å². The molecule has 1 aliphatic heterocycles. The van der Waals surface area contributed by atoms with Crippen molar-refractivity contribution in [2.24, 2.45) is 0 Å². The molecule has 1 saturated heterocycles. The zero-order chi connectivity index (χ0) is 16.0. The van der Waals surface area contributed by atoms with E-state index in [1.165, 1.54) is 19.3 Å². The predicted octanol–water partition coefficient (Wildman–Crippen LogP) is 1.76. The van der Waals surface area contributed by atoms with Gasteiger partial charge in [-0.1, -0.05) is 18.2 Å². The quantitative estimate of drug-likeness (QED) is 0.560. The summed E-state index contributed by atoms with van der Waals surface area (Å²) in [6.07, 6.45) is 3.82. The van der Waals surface area contributed by atoms with Gasteiger partial charge in [-0.25, -0.2) is 4.79 Å². The van der Waals surface area contributed by atoms with Crippen LogP contribution in [0.2, 0.25) is 0 Å². The number of para-hydroxylation sites is 1. The van der Waals surface area contributed by atoms with Crippen LogP contribution < -0.4 is 68.9 Å². The molecule has 1 N–H and O–H groups in total. The van der Waals surface area contributed by atoms with Crippen molar-refractivity contribution < 1.29 is 83.2 Å². The van der Waals surface area contributed by atoms with Crippen LogP contribution >= 0.6 is 0 Å². The molecular weight excluding hydrogens is 423 g/mol. The molecule has 3 rings (SSSR count). The van der Waals surface area contributed by atoms with Gasteiger partial charge >= 0.3 is 74.9 Å². The molecule has 0 spiro atoms. The third-order valence-electron chi connectivity index (χ3n) is 3.69. The number of benzene rings is 1. The van der Waals surface area contributed by atoms with Crippen LogP contribution in [0.4, 0.5) is 0 Å². The number of hydrogen-bond donors (Lipinski definition) is 1. The van der Waals surface area contributed by atoms with Crippen molar-refractivity contribution in [2.75, 3.05) is 13.2 Å². The van der Waals surface area contributed by atoms with Gasteiger partial charge in [-0.2, -0.15) is 0 Å². The van der Waals surface area contributed by atoms with Gasteiger partial charge in [0.1, 0.15) is 5.69 Å². The summed E-state index contributed by atoms with van der Waals surface area (Å²) in [6, 6.07) is 9.54. The average Bonchev–Trinajstić information content (AvgIpc) is 2.92. The van der Waals surface area contributed by atoms with Gasteiger partial charge in [0, 0.05) is 17.5 Å². The zero-order valence-electron chi connectivity index (χ0n) is 15.6. The van der Waals surface area contributed by atoms with E-state index in [0.717, 1.165) is 17.5 Å². The van der Waals surface area contributed by atoms with E-state index in [0.29, 0.717) is 12.3 Å². The zero-order valence-corrected chi connectivity index (χ0v) is 21.9. The Morgan fingerprint density at radius 2 is 2.00 bits per heavy atom. The average molecular weight is 451 g/mol. The van der Waals surface area contributed by atoms with Crippen LogP contribution in [0.3, 0.4) is 0 Å². The van der Waals surface area contributed by atoms with Crippen LogP contribution in [0.5, 0.6) is 0 Å². The van der Waals surface area contributed by atoms with E-state index >= 15 is 0 Å². The largest absolute Gasteiger partial charge is 1.00 e. The van der Waals surface area contributed by atoms with E-state index in [1.54, 1.807) is 13.0 Å². The van der Waals surface area contributed by atoms with Gasteiger partial charge in [0.05, 0.1) is 12.2 Å². The summed E-state index contributed by atoms with van der Waals surface area (Å²) in [5, 5.41) is 1.02. The normalized spacial score (nSPS) is 15.3. The van der Waals surface area contributed by atoms with Crippen LogP contribution in [0.1, 0.15) is 50.5 Å². The maximum Gasteiger partial charge on any atom is 1.00 e. The van der Waals surface area contributed by atoms with E-state index in [2.05, 4.69) is 18.8 Å². The number of ether oxygens (including phenoxy) is 2. The maximum atomic E-state index is 11.4. The first-order valence-corrected chi connectivity index (χ1v) is 7.91. The molecule has 0 saturated carbocycles. The number of esters is 1. The second kappa shape index (κ2) is 11.8.